The molecule has 0 amide bonds. The second-order valence-electron chi connectivity index (χ2n) is 6.80. The van der Waals surface area contributed by atoms with Crippen LogP contribution in [0.15, 0.2) is 36.4 Å². The number of benzene rings is 1. The van der Waals surface area contributed by atoms with Crippen molar-refractivity contribution >= 4 is 40.7 Å². The minimum Gasteiger partial charge on any atom is -0.356 e. The highest BCUT2D eigenvalue weighted by molar-refractivity contribution is 7.80. The molecule has 3 rings (SSSR count). The van der Waals surface area contributed by atoms with Gasteiger partial charge in [0.05, 0.1) is 6.04 Å². The van der Waals surface area contributed by atoms with Crippen LogP contribution in [0, 0.1) is 5.92 Å². The number of piperidine rings is 1. The summed E-state index contributed by atoms with van der Waals surface area (Å²) in [5, 5.41) is 7.20. The molecule has 26 heavy (non-hydrogen) atoms. The summed E-state index contributed by atoms with van der Waals surface area (Å²) >= 11 is 11.6. The molecule has 0 bridgehead atoms. The van der Waals surface area contributed by atoms with Gasteiger partial charge in [-0.2, -0.15) is 4.98 Å². The molecule has 1 fully saturated rings. The number of hydrogen-bond donors (Lipinski definition) is 2. The van der Waals surface area contributed by atoms with Crippen LogP contribution >= 0.6 is 23.8 Å². The number of hydrogen-bond acceptors (Lipinski definition) is 4. The van der Waals surface area contributed by atoms with Gasteiger partial charge in [0, 0.05) is 19.2 Å². The molecule has 1 aromatic carbocycles. The van der Waals surface area contributed by atoms with Gasteiger partial charge in [-0.1, -0.05) is 48.9 Å². The van der Waals surface area contributed by atoms with Gasteiger partial charge in [0.1, 0.15) is 11.0 Å². The molecular weight excluding hydrogens is 366 g/mol. The largest absolute Gasteiger partial charge is 0.356 e. The Morgan fingerprint density at radius 3 is 2.81 bits per heavy atom. The van der Waals surface area contributed by atoms with E-state index in [9.17, 15) is 0 Å². The quantitative estimate of drug-likeness (QED) is 0.596. The van der Waals surface area contributed by atoms with Gasteiger partial charge in [0.2, 0.25) is 5.95 Å². The smallest absolute Gasteiger partial charge is 0.232 e. The third-order valence-electron chi connectivity index (χ3n) is 4.53. The van der Waals surface area contributed by atoms with Crippen molar-refractivity contribution in [1.82, 2.24) is 15.3 Å². The molecular formula is C19H24ClN5S. The number of thiocarbonyl (C=S) groups is 1. The van der Waals surface area contributed by atoms with Crippen molar-refractivity contribution in [2.24, 2.45) is 5.92 Å². The van der Waals surface area contributed by atoms with Gasteiger partial charge >= 0.3 is 0 Å². The van der Waals surface area contributed by atoms with E-state index in [4.69, 9.17) is 23.8 Å². The summed E-state index contributed by atoms with van der Waals surface area (Å²) < 4.78 is 0. The van der Waals surface area contributed by atoms with E-state index in [0.717, 1.165) is 24.5 Å². The Bertz CT molecular complexity index is 755. The first-order chi connectivity index (χ1) is 12.5. The molecule has 138 valence electrons. The molecule has 2 unspecified atom stereocenters. The molecule has 0 spiro atoms. The zero-order chi connectivity index (χ0) is 18.5. The number of rotatable bonds is 4. The van der Waals surface area contributed by atoms with Crippen LogP contribution in [0.1, 0.15) is 38.3 Å². The highest BCUT2D eigenvalue weighted by Gasteiger charge is 2.19. The van der Waals surface area contributed by atoms with Crippen LogP contribution in [0.25, 0.3) is 0 Å². The molecule has 0 aliphatic carbocycles. The zero-order valence-corrected chi connectivity index (χ0v) is 16.6. The Morgan fingerprint density at radius 1 is 1.31 bits per heavy atom. The number of nitrogens with zero attached hydrogens (tertiary/aromatic N) is 3. The molecule has 2 aromatic rings. The Morgan fingerprint density at radius 2 is 2.08 bits per heavy atom. The SMILES string of the molecule is CC1CCCN(c2cc(Cl)nc(NC(=S)NC(C)c3ccccc3)n2)C1. The van der Waals surface area contributed by atoms with E-state index in [1.54, 1.807) is 0 Å². The van der Waals surface area contributed by atoms with Gasteiger partial charge in [-0.05, 0) is 43.5 Å². The zero-order valence-electron chi connectivity index (χ0n) is 15.1. The van der Waals surface area contributed by atoms with Crippen molar-refractivity contribution in [3.63, 3.8) is 0 Å². The number of halogens is 1. The summed E-state index contributed by atoms with van der Waals surface area (Å²) in [6.07, 6.45) is 2.42. The number of anilines is 2. The van der Waals surface area contributed by atoms with E-state index in [1.807, 2.05) is 24.3 Å². The molecule has 1 saturated heterocycles. The van der Waals surface area contributed by atoms with E-state index >= 15 is 0 Å². The molecule has 1 aromatic heterocycles. The summed E-state index contributed by atoms with van der Waals surface area (Å²) in [5.41, 5.74) is 1.16. The van der Waals surface area contributed by atoms with Gasteiger partial charge in [0.15, 0.2) is 5.11 Å². The summed E-state index contributed by atoms with van der Waals surface area (Å²) in [6, 6.07) is 12.0. The first-order valence-corrected chi connectivity index (χ1v) is 9.72. The van der Waals surface area contributed by atoms with Crippen molar-refractivity contribution in [2.45, 2.75) is 32.7 Å². The Kier molecular flexibility index (Phi) is 6.27. The molecule has 2 N–H and O–H groups in total. The van der Waals surface area contributed by atoms with E-state index in [1.165, 1.54) is 12.8 Å². The predicted molar refractivity (Wildman–Crippen MR) is 112 cm³/mol. The minimum atomic E-state index is 0.0813. The van der Waals surface area contributed by atoms with Crippen LogP contribution in [0.2, 0.25) is 5.15 Å². The lowest BCUT2D eigenvalue weighted by atomic mass is 10.0. The highest BCUT2D eigenvalue weighted by Crippen LogP contribution is 2.24. The van der Waals surface area contributed by atoms with Crippen LogP contribution in [0.5, 0.6) is 0 Å². The molecule has 2 heterocycles. The van der Waals surface area contributed by atoms with Crippen LogP contribution < -0.4 is 15.5 Å². The highest BCUT2D eigenvalue weighted by atomic mass is 35.5. The Hall–Kier alpha value is -1.92. The fourth-order valence-corrected chi connectivity index (χ4v) is 3.63. The molecule has 0 saturated carbocycles. The summed E-state index contributed by atoms with van der Waals surface area (Å²) in [5.74, 6) is 1.92. The van der Waals surface area contributed by atoms with Crippen molar-refractivity contribution in [1.29, 1.82) is 0 Å². The van der Waals surface area contributed by atoms with E-state index < -0.39 is 0 Å². The maximum Gasteiger partial charge on any atom is 0.232 e. The van der Waals surface area contributed by atoms with Crippen LogP contribution in [0.4, 0.5) is 11.8 Å². The van der Waals surface area contributed by atoms with Crippen molar-refractivity contribution in [3.05, 3.63) is 47.1 Å². The first-order valence-electron chi connectivity index (χ1n) is 8.93. The lowest BCUT2D eigenvalue weighted by Crippen LogP contribution is -2.35. The maximum atomic E-state index is 6.21. The van der Waals surface area contributed by atoms with Crippen molar-refractivity contribution < 1.29 is 0 Å². The van der Waals surface area contributed by atoms with E-state index in [2.05, 4.69) is 51.5 Å². The van der Waals surface area contributed by atoms with Gasteiger partial charge in [0.25, 0.3) is 0 Å². The second-order valence-corrected chi connectivity index (χ2v) is 7.59. The van der Waals surface area contributed by atoms with Gasteiger partial charge in [-0.3, -0.25) is 0 Å². The molecule has 1 aliphatic heterocycles. The van der Waals surface area contributed by atoms with E-state index in [0.29, 0.717) is 22.1 Å². The lowest BCUT2D eigenvalue weighted by molar-refractivity contribution is 0.444. The van der Waals surface area contributed by atoms with Gasteiger partial charge in [-0.25, -0.2) is 4.98 Å². The first kappa shape index (κ1) is 18.9. The monoisotopic (exact) mass is 389 g/mol. The fourth-order valence-electron chi connectivity index (χ4n) is 3.18. The summed E-state index contributed by atoms with van der Waals surface area (Å²) in [7, 11) is 0. The third kappa shape index (κ3) is 5.05. The minimum absolute atomic E-state index is 0.0813. The normalized spacial score (nSPS) is 18.3. The Labute approximate surface area is 165 Å². The number of aromatic nitrogens is 2. The molecule has 1 aliphatic rings. The predicted octanol–water partition coefficient (Wildman–Crippen LogP) is 4.41. The second kappa shape index (κ2) is 8.64. The topological polar surface area (TPSA) is 53.1 Å². The van der Waals surface area contributed by atoms with Crippen LogP contribution in [0.3, 0.4) is 0 Å². The molecule has 5 nitrogen and oxygen atoms in total. The third-order valence-corrected chi connectivity index (χ3v) is 4.95. The average Bonchev–Trinajstić information content (AvgIpc) is 2.62. The summed E-state index contributed by atoms with van der Waals surface area (Å²) in [6.45, 7) is 6.30. The van der Waals surface area contributed by atoms with Crippen LogP contribution in [-0.2, 0) is 0 Å². The van der Waals surface area contributed by atoms with Gasteiger partial charge in [-0.15, -0.1) is 0 Å². The lowest BCUT2D eigenvalue weighted by Gasteiger charge is -2.32. The van der Waals surface area contributed by atoms with Gasteiger partial charge < -0.3 is 15.5 Å². The van der Waals surface area contributed by atoms with Crippen molar-refractivity contribution in [3.8, 4) is 0 Å². The molecule has 2 atom stereocenters. The Balaban J connectivity index is 1.66. The maximum absolute atomic E-state index is 6.21. The summed E-state index contributed by atoms with van der Waals surface area (Å²) in [4.78, 5) is 11.1. The fraction of sp³-hybridized carbons (Fsp3) is 0.421. The van der Waals surface area contributed by atoms with E-state index in [-0.39, 0.29) is 6.04 Å². The number of nitrogens with one attached hydrogen (secondary N) is 2. The molecule has 0 radical (unpaired) electrons. The molecule has 7 heteroatoms. The van der Waals surface area contributed by atoms with Crippen molar-refractivity contribution in [2.75, 3.05) is 23.3 Å². The van der Waals surface area contributed by atoms with Crippen LogP contribution in [-0.4, -0.2) is 28.2 Å². The standard InChI is InChI=1S/C19H24ClN5S/c1-13-7-6-10-25(12-13)17-11-16(20)22-18(23-17)24-19(26)21-14(2)15-8-4-3-5-9-15/h3-5,8-9,11,13-14H,6-7,10,12H2,1-2H3,(H2,21,22,23,24,26). The average molecular weight is 390 g/mol.